The van der Waals surface area contributed by atoms with E-state index in [2.05, 4.69) is 17.2 Å². The maximum absolute atomic E-state index is 10.9. The first kappa shape index (κ1) is 14.1. The van der Waals surface area contributed by atoms with Gasteiger partial charge in [-0.25, -0.2) is 4.68 Å². The van der Waals surface area contributed by atoms with Gasteiger partial charge in [-0.1, -0.05) is 24.6 Å². The largest absolute Gasteiger partial charge is 0.325 e. The molecular formula is C13H17N5O2. The van der Waals surface area contributed by atoms with Crippen molar-refractivity contribution >= 4 is 5.69 Å². The van der Waals surface area contributed by atoms with E-state index in [1.807, 2.05) is 6.92 Å². The zero-order valence-corrected chi connectivity index (χ0v) is 11.5. The third kappa shape index (κ3) is 2.53. The monoisotopic (exact) mass is 275 g/mol. The van der Waals surface area contributed by atoms with Crippen molar-refractivity contribution < 1.29 is 4.92 Å². The second-order valence-electron chi connectivity index (χ2n) is 4.58. The zero-order valence-electron chi connectivity index (χ0n) is 11.5. The Kier molecular flexibility index (Phi) is 4.09. The van der Waals surface area contributed by atoms with Crippen molar-refractivity contribution in [1.29, 1.82) is 0 Å². The molecular weight excluding hydrogens is 258 g/mol. The first-order valence-electron chi connectivity index (χ1n) is 6.47. The Bertz CT molecular complexity index is 636. The highest BCUT2D eigenvalue weighted by atomic mass is 16.6. The van der Waals surface area contributed by atoms with Crippen LogP contribution in [0.4, 0.5) is 5.69 Å². The van der Waals surface area contributed by atoms with E-state index >= 15 is 0 Å². The van der Waals surface area contributed by atoms with Gasteiger partial charge in [-0.05, 0) is 18.9 Å². The van der Waals surface area contributed by atoms with Gasteiger partial charge in [0, 0.05) is 18.7 Å². The van der Waals surface area contributed by atoms with Crippen molar-refractivity contribution in [2.24, 2.45) is 5.73 Å². The molecule has 1 heterocycles. The molecule has 0 saturated carbocycles. The second-order valence-corrected chi connectivity index (χ2v) is 4.58. The van der Waals surface area contributed by atoms with Gasteiger partial charge in [0.1, 0.15) is 0 Å². The van der Waals surface area contributed by atoms with Crippen molar-refractivity contribution in [3.05, 3.63) is 45.3 Å². The van der Waals surface area contributed by atoms with E-state index < -0.39 is 4.92 Å². The summed E-state index contributed by atoms with van der Waals surface area (Å²) in [4.78, 5) is 10.5. The Labute approximate surface area is 116 Å². The highest BCUT2D eigenvalue weighted by molar-refractivity contribution is 5.49. The highest BCUT2D eigenvalue weighted by Crippen LogP contribution is 2.23. The molecule has 7 nitrogen and oxygen atoms in total. The standard InChI is InChI=1S/C13H17N5O2/c1-3-4-12-11(8-14)15-16-17(12)13-7-10(18(19)20)6-5-9(13)2/h5-7H,3-4,8,14H2,1-2H3. The molecule has 1 aromatic carbocycles. The van der Waals surface area contributed by atoms with Crippen LogP contribution in [0, 0.1) is 17.0 Å². The van der Waals surface area contributed by atoms with Gasteiger partial charge in [-0.3, -0.25) is 10.1 Å². The number of non-ortho nitro benzene ring substituents is 1. The predicted molar refractivity (Wildman–Crippen MR) is 74.6 cm³/mol. The molecule has 0 saturated heterocycles. The van der Waals surface area contributed by atoms with Gasteiger partial charge in [-0.15, -0.1) is 5.10 Å². The van der Waals surface area contributed by atoms with Crippen LogP contribution in [0.15, 0.2) is 18.2 Å². The normalized spacial score (nSPS) is 10.8. The minimum atomic E-state index is -0.413. The number of nitrogens with zero attached hydrogens (tertiary/aromatic N) is 4. The number of hydrogen-bond donors (Lipinski definition) is 1. The number of rotatable bonds is 5. The van der Waals surface area contributed by atoms with Crippen molar-refractivity contribution in [3.8, 4) is 5.69 Å². The lowest BCUT2D eigenvalue weighted by molar-refractivity contribution is -0.384. The Hall–Kier alpha value is -2.28. The summed E-state index contributed by atoms with van der Waals surface area (Å²) in [5, 5.41) is 19.1. The maximum atomic E-state index is 10.9. The predicted octanol–water partition coefficient (Wildman–Crippen LogP) is 1.90. The van der Waals surface area contributed by atoms with E-state index in [0.717, 1.165) is 29.8 Å². The molecule has 0 spiro atoms. The number of aryl methyl sites for hydroxylation is 1. The Morgan fingerprint density at radius 3 is 2.80 bits per heavy atom. The lowest BCUT2D eigenvalue weighted by Crippen LogP contribution is -2.07. The fraction of sp³-hybridized carbons (Fsp3) is 0.385. The van der Waals surface area contributed by atoms with Gasteiger partial charge in [0.2, 0.25) is 0 Å². The van der Waals surface area contributed by atoms with Crippen molar-refractivity contribution in [3.63, 3.8) is 0 Å². The summed E-state index contributed by atoms with van der Waals surface area (Å²) < 4.78 is 1.66. The molecule has 0 radical (unpaired) electrons. The van der Waals surface area contributed by atoms with Crippen LogP contribution in [0.2, 0.25) is 0 Å². The fourth-order valence-corrected chi connectivity index (χ4v) is 2.11. The molecule has 0 fully saturated rings. The molecule has 20 heavy (non-hydrogen) atoms. The topological polar surface area (TPSA) is 99.9 Å². The van der Waals surface area contributed by atoms with Crippen LogP contribution >= 0.6 is 0 Å². The van der Waals surface area contributed by atoms with Gasteiger partial charge in [0.05, 0.1) is 22.0 Å². The number of nitro groups is 1. The summed E-state index contributed by atoms with van der Waals surface area (Å²) in [6, 6.07) is 4.72. The summed E-state index contributed by atoms with van der Waals surface area (Å²) in [5.74, 6) is 0. The second kappa shape index (κ2) is 5.79. The molecule has 1 aromatic heterocycles. The number of benzene rings is 1. The zero-order chi connectivity index (χ0) is 14.7. The lowest BCUT2D eigenvalue weighted by Gasteiger charge is -2.09. The van der Waals surface area contributed by atoms with Crippen molar-refractivity contribution in [1.82, 2.24) is 15.0 Å². The highest BCUT2D eigenvalue weighted by Gasteiger charge is 2.16. The summed E-state index contributed by atoms with van der Waals surface area (Å²) in [6.07, 6.45) is 1.70. The number of aromatic nitrogens is 3. The smallest absolute Gasteiger partial charge is 0.271 e. The van der Waals surface area contributed by atoms with Crippen LogP contribution in [0.3, 0.4) is 0 Å². The Morgan fingerprint density at radius 2 is 2.20 bits per heavy atom. The van der Waals surface area contributed by atoms with Gasteiger partial charge < -0.3 is 5.73 Å². The molecule has 0 bridgehead atoms. The van der Waals surface area contributed by atoms with E-state index in [-0.39, 0.29) is 5.69 Å². The van der Waals surface area contributed by atoms with E-state index in [0.29, 0.717) is 12.2 Å². The van der Waals surface area contributed by atoms with E-state index in [1.54, 1.807) is 10.7 Å². The maximum Gasteiger partial charge on any atom is 0.271 e. The minimum Gasteiger partial charge on any atom is -0.325 e. The van der Waals surface area contributed by atoms with Crippen molar-refractivity contribution in [2.75, 3.05) is 0 Å². The molecule has 0 unspecified atom stereocenters. The third-order valence-corrected chi connectivity index (χ3v) is 3.16. The summed E-state index contributed by atoms with van der Waals surface area (Å²) in [5.41, 5.74) is 8.93. The van der Waals surface area contributed by atoms with Gasteiger partial charge in [0.15, 0.2) is 0 Å². The van der Waals surface area contributed by atoms with Crippen LogP contribution in [-0.2, 0) is 13.0 Å². The average Bonchev–Trinajstić information content (AvgIpc) is 2.82. The molecule has 0 atom stereocenters. The quantitative estimate of drug-likeness (QED) is 0.663. The average molecular weight is 275 g/mol. The SMILES string of the molecule is CCCc1c(CN)nnn1-c1cc([N+](=O)[O-])ccc1C. The first-order chi connectivity index (χ1) is 9.58. The fourth-order valence-electron chi connectivity index (χ4n) is 2.11. The molecule has 0 aliphatic carbocycles. The van der Waals surface area contributed by atoms with E-state index in [4.69, 9.17) is 5.73 Å². The van der Waals surface area contributed by atoms with Gasteiger partial charge in [-0.2, -0.15) is 0 Å². The molecule has 2 N–H and O–H groups in total. The van der Waals surface area contributed by atoms with Crippen LogP contribution in [0.1, 0.15) is 30.3 Å². The molecule has 2 aromatic rings. The van der Waals surface area contributed by atoms with Crippen LogP contribution in [0.25, 0.3) is 5.69 Å². The Balaban J connectivity index is 2.58. The number of hydrogen-bond acceptors (Lipinski definition) is 5. The Morgan fingerprint density at radius 1 is 1.45 bits per heavy atom. The van der Waals surface area contributed by atoms with Gasteiger partial charge >= 0.3 is 0 Å². The van der Waals surface area contributed by atoms with Crippen LogP contribution in [-0.4, -0.2) is 19.9 Å². The first-order valence-corrected chi connectivity index (χ1v) is 6.47. The molecule has 0 aliphatic rings. The third-order valence-electron chi connectivity index (χ3n) is 3.16. The van der Waals surface area contributed by atoms with E-state index in [9.17, 15) is 10.1 Å². The molecule has 0 aliphatic heterocycles. The lowest BCUT2D eigenvalue weighted by atomic mass is 10.1. The summed E-state index contributed by atoms with van der Waals surface area (Å²) >= 11 is 0. The number of nitro benzene ring substituents is 1. The summed E-state index contributed by atoms with van der Waals surface area (Å²) in [7, 11) is 0. The van der Waals surface area contributed by atoms with E-state index in [1.165, 1.54) is 12.1 Å². The van der Waals surface area contributed by atoms with Crippen molar-refractivity contribution in [2.45, 2.75) is 33.2 Å². The van der Waals surface area contributed by atoms with Crippen LogP contribution in [0.5, 0.6) is 0 Å². The molecule has 0 amide bonds. The van der Waals surface area contributed by atoms with Crippen LogP contribution < -0.4 is 5.73 Å². The minimum absolute atomic E-state index is 0.0397. The molecule has 106 valence electrons. The summed E-state index contributed by atoms with van der Waals surface area (Å²) in [6.45, 7) is 4.25. The number of nitrogens with two attached hydrogens (primary N) is 1. The molecule has 7 heteroatoms. The molecule has 2 rings (SSSR count). The van der Waals surface area contributed by atoms with Gasteiger partial charge in [0.25, 0.3) is 5.69 Å².